The molecule has 0 unspecified atom stereocenters. The zero-order valence-corrected chi connectivity index (χ0v) is 9.44. The number of rotatable bonds is 4. The zero-order valence-electron chi connectivity index (χ0n) is 8.63. The first kappa shape index (κ1) is 11.0. The summed E-state index contributed by atoms with van der Waals surface area (Å²) in [4.78, 5) is 16.3. The van der Waals surface area contributed by atoms with Crippen LogP contribution in [0.25, 0.3) is 0 Å². The number of amides is 1. The first-order valence-corrected chi connectivity index (χ1v) is 5.35. The summed E-state index contributed by atoms with van der Waals surface area (Å²) in [7, 11) is 1.62. The highest BCUT2D eigenvalue weighted by atomic mass is 32.1. The predicted molar refractivity (Wildman–Crippen MR) is 58.8 cm³/mol. The van der Waals surface area contributed by atoms with Gasteiger partial charge in [-0.3, -0.25) is 4.79 Å². The molecule has 0 saturated heterocycles. The largest absolute Gasteiger partial charge is 0.358 e. The molecule has 1 amide bonds. The quantitative estimate of drug-likeness (QED) is 0.795. The van der Waals surface area contributed by atoms with E-state index >= 15 is 0 Å². The molecule has 1 heterocycles. The molecule has 0 spiro atoms. The molecule has 78 valence electrons. The maximum atomic E-state index is 10.9. The van der Waals surface area contributed by atoms with Crippen LogP contribution in [0.5, 0.6) is 0 Å². The Kier molecular flexibility index (Phi) is 3.88. The van der Waals surface area contributed by atoms with Crippen LogP contribution in [0.2, 0.25) is 0 Å². The van der Waals surface area contributed by atoms with Gasteiger partial charge in [-0.05, 0) is 5.92 Å². The molecule has 5 heteroatoms. The maximum Gasteiger partial charge on any atom is 0.239 e. The van der Waals surface area contributed by atoms with Crippen LogP contribution in [0, 0.1) is 0 Å². The third-order valence-electron chi connectivity index (χ3n) is 1.77. The topological polar surface area (TPSA) is 54.0 Å². The molecule has 0 fully saturated rings. The smallest absolute Gasteiger partial charge is 0.239 e. The first-order chi connectivity index (χ1) is 6.63. The Balaban J connectivity index is 2.48. The molecule has 0 bridgehead atoms. The molecule has 0 saturated carbocycles. The molecule has 1 aromatic heterocycles. The average molecular weight is 213 g/mol. The zero-order chi connectivity index (χ0) is 10.6. The van der Waals surface area contributed by atoms with Crippen molar-refractivity contribution in [3.05, 3.63) is 11.1 Å². The standard InChI is InChI=1S/C9H15N3OS/c1-6(2)7-4-11-9(14-7)12-5-8(13)10-3/h4,6H,5H2,1-3H3,(H,10,13)(H,11,12). The van der Waals surface area contributed by atoms with Crippen molar-refractivity contribution in [2.24, 2.45) is 0 Å². The molecule has 1 rings (SSSR count). The molecular formula is C9H15N3OS. The van der Waals surface area contributed by atoms with Gasteiger partial charge in [0.2, 0.25) is 5.91 Å². The number of aromatic nitrogens is 1. The van der Waals surface area contributed by atoms with E-state index < -0.39 is 0 Å². The fraction of sp³-hybridized carbons (Fsp3) is 0.556. The number of anilines is 1. The van der Waals surface area contributed by atoms with Crippen LogP contribution in [0.1, 0.15) is 24.6 Å². The SMILES string of the molecule is CNC(=O)CNc1ncc(C(C)C)s1. The number of thiazole rings is 1. The van der Waals surface area contributed by atoms with Crippen molar-refractivity contribution in [1.29, 1.82) is 0 Å². The lowest BCUT2D eigenvalue weighted by Gasteiger charge is -2.00. The highest BCUT2D eigenvalue weighted by Gasteiger charge is 2.05. The van der Waals surface area contributed by atoms with Gasteiger partial charge in [0.05, 0.1) is 6.54 Å². The summed E-state index contributed by atoms with van der Waals surface area (Å²) in [6.07, 6.45) is 1.85. The normalized spacial score (nSPS) is 10.3. The lowest BCUT2D eigenvalue weighted by Crippen LogP contribution is -2.26. The minimum atomic E-state index is -0.0358. The Labute approximate surface area is 87.7 Å². The summed E-state index contributed by atoms with van der Waals surface area (Å²) in [5.41, 5.74) is 0. The van der Waals surface area contributed by atoms with E-state index in [-0.39, 0.29) is 12.5 Å². The Morgan fingerprint density at radius 2 is 2.36 bits per heavy atom. The summed E-state index contributed by atoms with van der Waals surface area (Å²) >= 11 is 1.59. The van der Waals surface area contributed by atoms with Gasteiger partial charge in [0.15, 0.2) is 5.13 Å². The Morgan fingerprint density at radius 1 is 1.64 bits per heavy atom. The van der Waals surface area contributed by atoms with Crippen LogP contribution in [0.4, 0.5) is 5.13 Å². The third kappa shape index (κ3) is 2.99. The van der Waals surface area contributed by atoms with Crippen LogP contribution in [-0.4, -0.2) is 24.5 Å². The molecular weight excluding hydrogens is 198 g/mol. The van der Waals surface area contributed by atoms with Crippen molar-refractivity contribution in [1.82, 2.24) is 10.3 Å². The third-order valence-corrected chi connectivity index (χ3v) is 3.03. The molecule has 0 aliphatic carbocycles. The van der Waals surface area contributed by atoms with Crippen LogP contribution >= 0.6 is 11.3 Å². The second kappa shape index (κ2) is 4.95. The highest BCUT2D eigenvalue weighted by Crippen LogP contribution is 2.24. The lowest BCUT2D eigenvalue weighted by molar-refractivity contribution is -0.118. The number of nitrogens with zero attached hydrogens (tertiary/aromatic N) is 1. The molecule has 0 aliphatic heterocycles. The van der Waals surface area contributed by atoms with Gasteiger partial charge in [-0.2, -0.15) is 0 Å². The second-order valence-corrected chi connectivity index (χ2v) is 4.31. The van der Waals surface area contributed by atoms with Gasteiger partial charge in [-0.25, -0.2) is 4.98 Å². The van der Waals surface area contributed by atoms with E-state index in [1.54, 1.807) is 18.4 Å². The molecule has 4 nitrogen and oxygen atoms in total. The molecule has 0 atom stereocenters. The van der Waals surface area contributed by atoms with E-state index in [4.69, 9.17) is 0 Å². The van der Waals surface area contributed by atoms with Crippen molar-refractivity contribution in [2.75, 3.05) is 18.9 Å². The fourth-order valence-corrected chi connectivity index (χ4v) is 1.69. The van der Waals surface area contributed by atoms with Crippen molar-refractivity contribution < 1.29 is 4.79 Å². The average Bonchev–Trinajstić information content (AvgIpc) is 2.62. The predicted octanol–water partition coefficient (Wildman–Crippen LogP) is 1.42. The highest BCUT2D eigenvalue weighted by molar-refractivity contribution is 7.15. The number of likely N-dealkylation sites (N-methyl/N-ethyl adjacent to an activating group) is 1. The van der Waals surface area contributed by atoms with Gasteiger partial charge in [-0.1, -0.05) is 13.8 Å². The monoisotopic (exact) mass is 213 g/mol. The fourth-order valence-electron chi connectivity index (χ4n) is 0.880. The summed E-state index contributed by atoms with van der Waals surface area (Å²) in [6, 6.07) is 0. The van der Waals surface area contributed by atoms with Gasteiger partial charge in [-0.15, -0.1) is 11.3 Å². The van der Waals surface area contributed by atoms with Crippen LogP contribution in [0.3, 0.4) is 0 Å². The van der Waals surface area contributed by atoms with Crippen molar-refractivity contribution >= 4 is 22.4 Å². The molecule has 2 N–H and O–H groups in total. The molecule has 0 radical (unpaired) electrons. The molecule has 14 heavy (non-hydrogen) atoms. The first-order valence-electron chi connectivity index (χ1n) is 4.53. The van der Waals surface area contributed by atoms with Gasteiger partial charge in [0.25, 0.3) is 0 Å². The number of nitrogens with one attached hydrogen (secondary N) is 2. The molecule has 0 aromatic carbocycles. The van der Waals surface area contributed by atoms with E-state index in [0.717, 1.165) is 5.13 Å². The molecule has 1 aromatic rings. The van der Waals surface area contributed by atoms with Gasteiger partial charge < -0.3 is 10.6 Å². The van der Waals surface area contributed by atoms with Gasteiger partial charge in [0.1, 0.15) is 0 Å². The van der Waals surface area contributed by atoms with E-state index in [1.165, 1.54) is 4.88 Å². The van der Waals surface area contributed by atoms with Crippen LogP contribution in [-0.2, 0) is 4.79 Å². The lowest BCUT2D eigenvalue weighted by atomic mass is 10.2. The van der Waals surface area contributed by atoms with Crippen LogP contribution in [0.15, 0.2) is 6.20 Å². The Morgan fingerprint density at radius 3 is 2.86 bits per heavy atom. The summed E-state index contributed by atoms with van der Waals surface area (Å²) < 4.78 is 0. The summed E-state index contributed by atoms with van der Waals surface area (Å²) in [5.74, 6) is 0.453. The number of hydrogen-bond donors (Lipinski definition) is 2. The minimum Gasteiger partial charge on any atom is -0.358 e. The number of hydrogen-bond acceptors (Lipinski definition) is 4. The summed E-state index contributed by atoms with van der Waals surface area (Å²) in [6.45, 7) is 4.52. The summed E-state index contributed by atoms with van der Waals surface area (Å²) in [5, 5.41) is 6.31. The van der Waals surface area contributed by atoms with Crippen molar-refractivity contribution in [3.8, 4) is 0 Å². The Bertz CT molecular complexity index is 309. The maximum absolute atomic E-state index is 10.9. The van der Waals surface area contributed by atoms with Crippen molar-refractivity contribution in [3.63, 3.8) is 0 Å². The second-order valence-electron chi connectivity index (χ2n) is 3.25. The van der Waals surface area contributed by atoms with Gasteiger partial charge >= 0.3 is 0 Å². The van der Waals surface area contributed by atoms with E-state index in [9.17, 15) is 4.79 Å². The number of carbonyl (C=O) groups excluding carboxylic acids is 1. The van der Waals surface area contributed by atoms with Crippen LogP contribution < -0.4 is 10.6 Å². The van der Waals surface area contributed by atoms with Gasteiger partial charge in [0, 0.05) is 18.1 Å². The molecule has 0 aliphatic rings. The minimum absolute atomic E-state index is 0.0358. The number of carbonyl (C=O) groups is 1. The Hall–Kier alpha value is -1.10. The van der Waals surface area contributed by atoms with E-state index in [2.05, 4.69) is 29.5 Å². The van der Waals surface area contributed by atoms with E-state index in [1.807, 2.05) is 6.20 Å². The van der Waals surface area contributed by atoms with Crippen molar-refractivity contribution in [2.45, 2.75) is 19.8 Å². The van der Waals surface area contributed by atoms with E-state index in [0.29, 0.717) is 5.92 Å².